The Labute approximate surface area is 117 Å². The van der Waals surface area contributed by atoms with Gasteiger partial charge in [-0.15, -0.1) is 0 Å². The Balaban J connectivity index is 1.64. The topological polar surface area (TPSA) is 33.1 Å². The zero-order valence-electron chi connectivity index (χ0n) is 12.4. The maximum absolute atomic E-state index is 4.29. The molecule has 1 aliphatic rings. The largest absolute Gasteiger partial charge is 0.311 e. The Morgan fingerprint density at radius 1 is 1.32 bits per heavy atom. The van der Waals surface area contributed by atoms with Crippen molar-refractivity contribution in [2.45, 2.75) is 46.2 Å². The summed E-state index contributed by atoms with van der Waals surface area (Å²) >= 11 is 0. The molecule has 0 amide bonds. The van der Waals surface area contributed by atoms with Crippen LogP contribution >= 0.6 is 0 Å². The molecular weight excluding hydrogens is 236 g/mol. The van der Waals surface area contributed by atoms with Crippen molar-refractivity contribution in [2.75, 3.05) is 26.2 Å². The Kier molecular flexibility index (Phi) is 5.86. The lowest BCUT2D eigenvalue weighted by Gasteiger charge is -2.29. The molecule has 108 valence electrons. The van der Waals surface area contributed by atoms with Gasteiger partial charge in [-0.05, 0) is 51.4 Å². The lowest BCUT2D eigenvalue weighted by atomic mass is 10.1. The van der Waals surface area contributed by atoms with Crippen LogP contribution in [0, 0.1) is 5.92 Å². The predicted octanol–water partition coefficient (Wildman–Crippen LogP) is 2.11. The molecule has 1 saturated heterocycles. The Morgan fingerprint density at radius 2 is 2.11 bits per heavy atom. The number of nitrogens with one attached hydrogen (secondary N) is 1. The molecular formula is C15H28N4. The fraction of sp³-hybridized carbons (Fsp3) is 0.800. The predicted molar refractivity (Wildman–Crippen MR) is 79.1 cm³/mol. The van der Waals surface area contributed by atoms with Crippen molar-refractivity contribution in [3.05, 3.63) is 18.0 Å². The molecule has 0 radical (unpaired) electrons. The van der Waals surface area contributed by atoms with E-state index in [1.807, 2.05) is 6.20 Å². The molecule has 19 heavy (non-hydrogen) atoms. The van der Waals surface area contributed by atoms with Crippen LogP contribution in [0.1, 0.15) is 38.8 Å². The maximum atomic E-state index is 4.29. The summed E-state index contributed by atoms with van der Waals surface area (Å²) in [4.78, 5) is 2.62. The van der Waals surface area contributed by atoms with Crippen LogP contribution in [0.3, 0.4) is 0 Å². The first-order valence-corrected chi connectivity index (χ1v) is 7.73. The molecule has 1 fully saturated rings. The van der Waals surface area contributed by atoms with E-state index in [2.05, 4.69) is 39.9 Å². The third-order valence-corrected chi connectivity index (χ3v) is 3.92. The summed E-state index contributed by atoms with van der Waals surface area (Å²) in [6.45, 7) is 11.3. The van der Waals surface area contributed by atoms with Crippen LogP contribution in [0.15, 0.2) is 12.3 Å². The number of hydrogen-bond acceptors (Lipinski definition) is 3. The summed E-state index contributed by atoms with van der Waals surface area (Å²) in [7, 11) is 0. The zero-order chi connectivity index (χ0) is 13.5. The molecule has 1 atom stereocenters. The van der Waals surface area contributed by atoms with Crippen molar-refractivity contribution in [1.82, 2.24) is 20.0 Å². The summed E-state index contributed by atoms with van der Waals surface area (Å²) in [5.74, 6) is 0.719. The van der Waals surface area contributed by atoms with Gasteiger partial charge in [0.15, 0.2) is 0 Å². The standard InChI is InChI=1S/C15H28N4/c1-3-19-15(7-8-17-19)12-16-11-14(2)13-18-9-5-4-6-10-18/h7-8,14,16H,3-6,9-13H2,1-2H3. The van der Waals surface area contributed by atoms with E-state index in [1.165, 1.54) is 44.6 Å². The second-order valence-corrected chi connectivity index (χ2v) is 5.74. The van der Waals surface area contributed by atoms with Crippen LogP contribution in [0.4, 0.5) is 0 Å². The average Bonchev–Trinajstić information content (AvgIpc) is 2.87. The molecule has 1 aromatic rings. The van der Waals surface area contributed by atoms with Crippen LogP contribution in [0.25, 0.3) is 0 Å². The van der Waals surface area contributed by atoms with E-state index >= 15 is 0 Å². The van der Waals surface area contributed by atoms with Gasteiger partial charge < -0.3 is 10.2 Å². The quantitative estimate of drug-likeness (QED) is 0.819. The Bertz CT molecular complexity index is 355. The number of rotatable bonds is 7. The third kappa shape index (κ3) is 4.62. The van der Waals surface area contributed by atoms with Crippen LogP contribution in [0.5, 0.6) is 0 Å². The fourth-order valence-corrected chi connectivity index (χ4v) is 2.89. The summed E-state index contributed by atoms with van der Waals surface area (Å²) < 4.78 is 2.06. The molecule has 0 spiro atoms. The van der Waals surface area contributed by atoms with Gasteiger partial charge in [-0.1, -0.05) is 13.3 Å². The number of hydrogen-bond donors (Lipinski definition) is 1. The molecule has 0 bridgehead atoms. The minimum Gasteiger partial charge on any atom is -0.311 e. The van der Waals surface area contributed by atoms with Gasteiger partial charge in [0.1, 0.15) is 0 Å². The van der Waals surface area contributed by atoms with Gasteiger partial charge >= 0.3 is 0 Å². The van der Waals surface area contributed by atoms with E-state index in [1.54, 1.807) is 0 Å². The second kappa shape index (κ2) is 7.65. The lowest BCUT2D eigenvalue weighted by Crippen LogP contribution is -2.36. The number of aromatic nitrogens is 2. The molecule has 1 aliphatic heterocycles. The molecule has 4 nitrogen and oxygen atoms in total. The molecule has 2 rings (SSSR count). The van der Waals surface area contributed by atoms with Crippen LogP contribution in [-0.4, -0.2) is 40.9 Å². The summed E-state index contributed by atoms with van der Waals surface area (Å²) in [5.41, 5.74) is 1.28. The van der Waals surface area contributed by atoms with E-state index < -0.39 is 0 Å². The minimum absolute atomic E-state index is 0.719. The summed E-state index contributed by atoms with van der Waals surface area (Å²) in [6, 6.07) is 2.10. The van der Waals surface area contributed by atoms with Crippen LogP contribution in [0.2, 0.25) is 0 Å². The van der Waals surface area contributed by atoms with E-state index in [-0.39, 0.29) is 0 Å². The number of piperidine rings is 1. The van der Waals surface area contributed by atoms with Crippen molar-refractivity contribution >= 4 is 0 Å². The highest BCUT2D eigenvalue weighted by molar-refractivity contribution is 4.99. The van der Waals surface area contributed by atoms with E-state index in [4.69, 9.17) is 0 Å². The van der Waals surface area contributed by atoms with Crippen molar-refractivity contribution in [3.63, 3.8) is 0 Å². The average molecular weight is 264 g/mol. The molecule has 4 heteroatoms. The van der Waals surface area contributed by atoms with Gasteiger partial charge in [0, 0.05) is 25.8 Å². The van der Waals surface area contributed by atoms with Gasteiger partial charge in [0.25, 0.3) is 0 Å². The highest BCUT2D eigenvalue weighted by Gasteiger charge is 2.13. The van der Waals surface area contributed by atoms with Crippen LogP contribution < -0.4 is 5.32 Å². The monoisotopic (exact) mass is 264 g/mol. The van der Waals surface area contributed by atoms with Gasteiger partial charge in [-0.2, -0.15) is 5.10 Å². The summed E-state index contributed by atoms with van der Waals surface area (Å²) in [6.07, 6.45) is 6.08. The maximum Gasteiger partial charge on any atom is 0.0521 e. The van der Waals surface area contributed by atoms with Crippen molar-refractivity contribution in [3.8, 4) is 0 Å². The third-order valence-electron chi connectivity index (χ3n) is 3.92. The smallest absolute Gasteiger partial charge is 0.0521 e. The van der Waals surface area contributed by atoms with Crippen molar-refractivity contribution < 1.29 is 0 Å². The van der Waals surface area contributed by atoms with Gasteiger partial charge in [-0.3, -0.25) is 4.68 Å². The number of aryl methyl sites for hydroxylation is 1. The minimum atomic E-state index is 0.719. The molecule has 1 N–H and O–H groups in total. The fourth-order valence-electron chi connectivity index (χ4n) is 2.89. The van der Waals surface area contributed by atoms with Crippen molar-refractivity contribution in [2.24, 2.45) is 5.92 Å². The van der Waals surface area contributed by atoms with E-state index in [9.17, 15) is 0 Å². The Hall–Kier alpha value is -0.870. The highest BCUT2D eigenvalue weighted by atomic mass is 15.3. The van der Waals surface area contributed by atoms with Crippen LogP contribution in [-0.2, 0) is 13.1 Å². The molecule has 1 aromatic heterocycles. The molecule has 0 aliphatic carbocycles. The van der Waals surface area contributed by atoms with Crippen molar-refractivity contribution in [1.29, 1.82) is 0 Å². The molecule has 0 aromatic carbocycles. The number of nitrogens with zero attached hydrogens (tertiary/aromatic N) is 3. The highest BCUT2D eigenvalue weighted by Crippen LogP contribution is 2.10. The zero-order valence-corrected chi connectivity index (χ0v) is 12.4. The first-order valence-electron chi connectivity index (χ1n) is 7.73. The van der Waals surface area contributed by atoms with E-state index in [0.29, 0.717) is 0 Å². The normalized spacial score (nSPS) is 18.6. The van der Waals surface area contributed by atoms with Gasteiger partial charge in [-0.25, -0.2) is 0 Å². The SMILES string of the molecule is CCn1nccc1CNCC(C)CN1CCCCC1. The first kappa shape index (κ1) is 14.5. The number of likely N-dealkylation sites (tertiary alicyclic amines) is 1. The molecule has 1 unspecified atom stereocenters. The first-order chi connectivity index (χ1) is 9.29. The lowest BCUT2D eigenvalue weighted by molar-refractivity contribution is 0.199. The van der Waals surface area contributed by atoms with Gasteiger partial charge in [0.05, 0.1) is 5.69 Å². The second-order valence-electron chi connectivity index (χ2n) is 5.74. The Morgan fingerprint density at radius 3 is 2.84 bits per heavy atom. The summed E-state index contributed by atoms with van der Waals surface area (Å²) in [5, 5.41) is 7.86. The van der Waals surface area contributed by atoms with E-state index in [0.717, 1.165) is 25.6 Å². The molecule has 2 heterocycles. The molecule has 0 saturated carbocycles. The van der Waals surface area contributed by atoms with Gasteiger partial charge in [0.2, 0.25) is 0 Å².